The molecule has 1 aliphatic rings. The Morgan fingerprint density at radius 1 is 1.38 bits per heavy atom. The second kappa shape index (κ2) is 6.24. The van der Waals surface area contributed by atoms with Gasteiger partial charge in [0.1, 0.15) is 0 Å². The first-order valence-corrected chi connectivity index (χ1v) is 6.74. The molecular weight excluding hydrogens is 194 g/mol. The van der Waals surface area contributed by atoms with Crippen LogP contribution in [0.2, 0.25) is 0 Å². The molecule has 1 saturated heterocycles. The van der Waals surface area contributed by atoms with E-state index in [-0.39, 0.29) is 0 Å². The molecule has 16 heavy (non-hydrogen) atoms. The maximum absolute atomic E-state index is 4.10. The molecule has 2 atom stereocenters. The summed E-state index contributed by atoms with van der Waals surface area (Å²) in [6.45, 7) is 14.3. The summed E-state index contributed by atoms with van der Waals surface area (Å²) >= 11 is 0. The fraction of sp³-hybridized carbons (Fsp3) is 0.733. The first kappa shape index (κ1) is 13.5. The average Bonchev–Trinajstić information content (AvgIpc) is 2.21. The molecule has 1 heterocycles. The van der Waals surface area contributed by atoms with E-state index in [0.717, 1.165) is 0 Å². The quantitative estimate of drug-likeness (QED) is 0.609. The van der Waals surface area contributed by atoms with Gasteiger partial charge in [-0.15, -0.1) is 0 Å². The lowest BCUT2D eigenvalue weighted by atomic mass is 9.92. The topological polar surface area (TPSA) is 3.24 Å². The highest BCUT2D eigenvalue weighted by Crippen LogP contribution is 2.28. The number of hydrogen-bond acceptors (Lipinski definition) is 1. The van der Waals surface area contributed by atoms with Crippen molar-refractivity contribution in [2.45, 2.75) is 65.5 Å². The van der Waals surface area contributed by atoms with E-state index in [9.17, 15) is 0 Å². The lowest BCUT2D eigenvalue weighted by Crippen LogP contribution is -2.52. The van der Waals surface area contributed by atoms with Crippen LogP contribution in [0.4, 0.5) is 0 Å². The number of rotatable bonds is 6. The van der Waals surface area contributed by atoms with Crippen LogP contribution in [0.3, 0.4) is 0 Å². The van der Waals surface area contributed by atoms with Gasteiger partial charge in [0, 0.05) is 18.6 Å². The van der Waals surface area contributed by atoms with E-state index in [1.807, 2.05) is 0 Å². The van der Waals surface area contributed by atoms with Crippen LogP contribution in [0.1, 0.15) is 53.4 Å². The van der Waals surface area contributed by atoms with Crippen molar-refractivity contribution in [1.29, 1.82) is 0 Å². The van der Waals surface area contributed by atoms with Gasteiger partial charge in [-0.25, -0.2) is 0 Å². The molecule has 1 fully saturated rings. The van der Waals surface area contributed by atoms with Gasteiger partial charge in [-0.3, -0.25) is 4.90 Å². The van der Waals surface area contributed by atoms with Crippen LogP contribution >= 0.6 is 0 Å². The Hall–Kier alpha value is -0.560. The second-order valence-electron chi connectivity index (χ2n) is 4.90. The summed E-state index contributed by atoms with van der Waals surface area (Å²) in [6.07, 6.45) is 7.40. The monoisotopic (exact) mass is 221 g/mol. The summed E-state index contributed by atoms with van der Waals surface area (Å²) in [4.78, 5) is 2.60. The summed E-state index contributed by atoms with van der Waals surface area (Å²) in [5.74, 6) is 0. The van der Waals surface area contributed by atoms with Crippen molar-refractivity contribution < 1.29 is 0 Å². The third-order valence-electron chi connectivity index (χ3n) is 3.81. The standard InChI is InChI=1S/C15H27N/c1-6-13(7-2)11-14(8-3)16-10-9-15(16)12(4)5/h11,14-15H,4,6-10H2,1-3,5H3/t14-,15+/m1/s1. The average molecular weight is 221 g/mol. The highest BCUT2D eigenvalue weighted by atomic mass is 15.2. The van der Waals surface area contributed by atoms with Gasteiger partial charge in [-0.1, -0.05) is 44.6 Å². The van der Waals surface area contributed by atoms with Crippen LogP contribution in [0.25, 0.3) is 0 Å². The molecule has 1 rings (SSSR count). The largest absolute Gasteiger partial charge is 0.290 e. The minimum atomic E-state index is 0.630. The highest BCUT2D eigenvalue weighted by molar-refractivity contribution is 5.14. The minimum Gasteiger partial charge on any atom is -0.290 e. The lowest BCUT2D eigenvalue weighted by Gasteiger charge is -2.46. The summed E-state index contributed by atoms with van der Waals surface area (Å²) in [5.41, 5.74) is 2.92. The van der Waals surface area contributed by atoms with Gasteiger partial charge in [0.15, 0.2) is 0 Å². The Morgan fingerprint density at radius 2 is 2.00 bits per heavy atom. The van der Waals surface area contributed by atoms with Gasteiger partial charge < -0.3 is 0 Å². The van der Waals surface area contributed by atoms with E-state index in [2.05, 4.69) is 45.2 Å². The van der Waals surface area contributed by atoms with Crippen molar-refractivity contribution >= 4 is 0 Å². The number of nitrogens with zero attached hydrogens (tertiary/aromatic N) is 1. The SMILES string of the molecule is C=C(C)[C@@H]1CCN1[C@@H](C=C(CC)CC)CC. The fourth-order valence-corrected chi connectivity index (χ4v) is 2.54. The smallest absolute Gasteiger partial charge is 0.0320 e. The molecule has 0 aromatic rings. The zero-order valence-corrected chi connectivity index (χ0v) is 11.4. The highest BCUT2D eigenvalue weighted by Gasteiger charge is 2.32. The molecule has 0 bridgehead atoms. The van der Waals surface area contributed by atoms with Crippen molar-refractivity contribution in [2.24, 2.45) is 0 Å². The van der Waals surface area contributed by atoms with Crippen LogP contribution in [-0.4, -0.2) is 23.5 Å². The Balaban J connectivity index is 2.67. The third-order valence-corrected chi connectivity index (χ3v) is 3.81. The molecule has 1 nitrogen and oxygen atoms in total. The molecule has 0 N–H and O–H groups in total. The van der Waals surface area contributed by atoms with Crippen LogP contribution in [0, 0.1) is 0 Å². The van der Waals surface area contributed by atoms with Crippen molar-refractivity contribution in [3.8, 4) is 0 Å². The molecular formula is C15H27N. The number of likely N-dealkylation sites (tertiary alicyclic amines) is 1. The Labute approximate surface area is 101 Å². The van der Waals surface area contributed by atoms with Crippen LogP contribution in [-0.2, 0) is 0 Å². The van der Waals surface area contributed by atoms with E-state index >= 15 is 0 Å². The lowest BCUT2D eigenvalue weighted by molar-refractivity contribution is 0.0828. The van der Waals surface area contributed by atoms with Gasteiger partial charge in [0.2, 0.25) is 0 Å². The molecule has 0 radical (unpaired) electrons. The van der Waals surface area contributed by atoms with Crippen LogP contribution < -0.4 is 0 Å². The van der Waals surface area contributed by atoms with E-state index in [4.69, 9.17) is 0 Å². The zero-order chi connectivity index (χ0) is 12.1. The first-order chi connectivity index (χ1) is 7.63. The normalized spacial score (nSPS) is 22.4. The van der Waals surface area contributed by atoms with E-state index in [1.54, 1.807) is 5.57 Å². The number of allylic oxidation sites excluding steroid dienone is 1. The Kier molecular flexibility index (Phi) is 5.27. The van der Waals surface area contributed by atoms with E-state index in [0.29, 0.717) is 12.1 Å². The maximum atomic E-state index is 4.10. The van der Waals surface area contributed by atoms with Gasteiger partial charge in [0.05, 0.1) is 0 Å². The maximum Gasteiger partial charge on any atom is 0.0320 e. The Bertz CT molecular complexity index is 259. The predicted octanol–water partition coefficient (Wildman–Crippen LogP) is 4.16. The second-order valence-corrected chi connectivity index (χ2v) is 4.90. The van der Waals surface area contributed by atoms with E-state index < -0.39 is 0 Å². The number of hydrogen-bond donors (Lipinski definition) is 0. The van der Waals surface area contributed by atoms with Gasteiger partial charge >= 0.3 is 0 Å². The van der Waals surface area contributed by atoms with Crippen molar-refractivity contribution in [3.05, 3.63) is 23.8 Å². The molecule has 0 unspecified atom stereocenters. The van der Waals surface area contributed by atoms with Crippen molar-refractivity contribution in [1.82, 2.24) is 4.90 Å². The van der Waals surface area contributed by atoms with Gasteiger partial charge in [-0.2, -0.15) is 0 Å². The molecule has 0 spiro atoms. The molecule has 0 saturated carbocycles. The van der Waals surface area contributed by atoms with E-state index in [1.165, 1.54) is 37.8 Å². The fourth-order valence-electron chi connectivity index (χ4n) is 2.54. The zero-order valence-electron chi connectivity index (χ0n) is 11.4. The predicted molar refractivity (Wildman–Crippen MR) is 72.7 cm³/mol. The summed E-state index contributed by atoms with van der Waals surface area (Å²) < 4.78 is 0. The Morgan fingerprint density at radius 3 is 2.31 bits per heavy atom. The van der Waals surface area contributed by atoms with Crippen molar-refractivity contribution in [2.75, 3.05) is 6.54 Å². The van der Waals surface area contributed by atoms with Gasteiger partial charge in [-0.05, 0) is 32.6 Å². The molecule has 92 valence electrons. The summed E-state index contributed by atoms with van der Waals surface area (Å²) in [7, 11) is 0. The molecule has 1 aliphatic heterocycles. The molecule has 0 amide bonds. The molecule has 0 aromatic heterocycles. The van der Waals surface area contributed by atoms with Gasteiger partial charge in [0.25, 0.3) is 0 Å². The third kappa shape index (κ3) is 2.98. The van der Waals surface area contributed by atoms with Crippen LogP contribution in [0.5, 0.6) is 0 Å². The summed E-state index contributed by atoms with van der Waals surface area (Å²) in [5, 5.41) is 0. The molecule has 0 aliphatic carbocycles. The molecule has 0 aromatic carbocycles. The van der Waals surface area contributed by atoms with Crippen molar-refractivity contribution in [3.63, 3.8) is 0 Å². The minimum absolute atomic E-state index is 0.630. The van der Waals surface area contributed by atoms with Crippen LogP contribution in [0.15, 0.2) is 23.8 Å². The molecule has 1 heteroatoms. The first-order valence-electron chi connectivity index (χ1n) is 6.74. The summed E-state index contributed by atoms with van der Waals surface area (Å²) in [6, 6.07) is 1.27.